The first-order valence-electron chi connectivity index (χ1n) is 7.64. The van der Waals surface area contributed by atoms with Gasteiger partial charge in [-0.05, 0) is 41.6 Å². The summed E-state index contributed by atoms with van der Waals surface area (Å²) in [7, 11) is 0. The predicted molar refractivity (Wildman–Crippen MR) is 82.8 cm³/mol. The molecule has 0 N–H and O–H groups in total. The van der Waals surface area contributed by atoms with Gasteiger partial charge in [0.2, 0.25) is 0 Å². The average Bonchev–Trinajstić information content (AvgIpc) is 2.73. The number of thiophene rings is 1. The molecule has 0 atom stereocenters. The zero-order chi connectivity index (χ0) is 15.4. The Hall–Kier alpha value is -1.34. The van der Waals surface area contributed by atoms with Gasteiger partial charge in [-0.1, -0.05) is 39.0 Å². The predicted octanol–water partition coefficient (Wildman–Crippen LogP) is 5.66. The molecule has 0 aliphatic heterocycles. The van der Waals surface area contributed by atoms with Crippen molar-refractivity contribution in [2.24, 2.45) is 0 Å². The van der Waals surface area contributed by atoms with E-state index in [-0.39, 0.29) is 5.41 Å². The summed E-state index contributed by atoms with van der Waals surface area (Å²) in [6.07, 6.45) is 0. The van der Waals surface area contributed by atoms with Crippen LogP contribution >= 0.6 is 11.3 Å². The van der Waals surface area contributed by atoms with Crippen molar-refractivity contribution in [3.05, 3.63) is 47.5 Å². The van der Waals surface area contributed by atoms with Crippen molar-refractivity contribution >= 4 is 31.5 Å². The van der Waals surface area contributed by atoms with E-state index in [0.717, 1.165) is 15.6 Å². The Labute approximate surface area is 116 Å². The molecule has 1 heteroatoms. The minimum absolute atomic E-state index is 0.193. The third-order valence-electron chi connectivity index (χ3n) is 3.32. The molecule has 0 saturated heterocycles. The van der Waals surface area contributed by atoms with Crippen LogP contribution in [-0.2, 0) is 5.41 Å². The maximum Gasteiger partial charge on any atom is 0.0358 e. The van der Waals surface area contributed by atoms with E-state index in [2.05, 4.69) is 39.0 Å². The Bertz CT molecular complexity index is 820. The third kappa shape index (κ3) is 1.74. The Morgan fingerprint density at radius 2 is 1.78 bits per heavy atom. The lowest BCUT2D eigenvalue weighted by Crippen LogP contribution is -2.12. The maximum atomic E-state index is 7.84. The van der Waals surface area contributed by atoms with Gasteiger partial charge in [-0.3, -0.25) is 0 Å². The van der Waals surface area contributed by atoms with E-state index in [1.54, 1.807) is 11.3 Å². The number of fused-ring (bicyclic) bond motifs is 3. The first-order chi connectivity index (χ1) is 9.68. The van der Waals surface area contributed by atoms with Gasteiger partial charge in [-0.25, -0.2) is 0 Å². The fraction of sp³-hybridized carbons (Fsp3) is 0.294. The molecule has 1 aromatic heterocycles. The van der Waals surface area contributed by atoms with Crippen LogP contribution in [0.1, 0.15) is 36.0 Å². The Morgan fingerprint density at radius 1 is 1.00 bits per heavy atom. The van der Waals surface area contributed by atoms with Crippen LogP contribution in [-0.4, -0.2) is 0 Å². The molecule has 1 heterocycles. The standard InChI is InChI=1S/C17H18S/c1-11-9-16-13(10-14(11)17(2,3)4)12-7-5-6-8-15(12)18-16/h5-10H,1-4H3/i1D3. The minimum Gasteiger partial charge on any atom is -0.135 e. The Kier molecular flexibility index (Phi) is 1.85. The van der Waals surface area contributed by atoms with E-state index in [1.165, 1.54) is 10.1 Å². The number of rotatable bonds is 0. The second kappa shape index (κ2) is 3.83. The number of hydrogen-bond acceptors (Lipinski definition) is 1. The smallest absolute Gasteiger partial charge is 0.0358 e. The topological polar surface area (TPSA) is 0 Å². The molecule has 0 aliphatic rings. The van der Waals surface area contributed by atoms with E-state index in [1.807, 2.05) is 18.2 Å². The van der Waals surface area contributed by atoms with Gasteiger partial charge in [0.25, 0.3) is 0 Å². The Balaban J connectivity index is 2.44. The molecule has 0 fully saturated rings. The number of benzene rings is 2. The summed E-state index contributed by atoms with van der Waals surface area (Å²) in [5.74, 6) is 0. The van der Waals surface area contributed by atoms with E-state index in [0.29, 0.717) is 5.56 Å². The first kappa shape index (κ1) is 8.71. The second-order valence-electron chi connectivity index (χ2n) is 5.74. The van der Waals surface area contributed by atoms with Crippen molar-refractivity contribution in [2.75, 3.05) is 0 Å². The summed E-state index contributed by atoms with van der Waals surface area (Å²) in [6.45, 7) is 4.13. The van der Waals surface area contributed by atoms with Gasteiger partial charge in [-0.2, -0.15) is 0 Å². The largest absolute Gasteiger partial charge is 0.135 e. The van der Waals surface area contributed by atoms with Gasteiger partial charge in [0.1, 0.15) is 0 Å². The molecule has 0 saturated carbocycles. The summed E-state index contributed by atoms with van der Waals surface area (Å²) >= 11 is 1.66. The highest BCUT2D eigenvalue weighted by molar-refractivity contribution is 7.25. The molecule has 0 spiro atoms. The summed E-state index contributed by atoms with van der Waals surface area (Å²) in [5.41, 5.74) is 1.20. The lowest BCUT2D eigenvalue weighted by molar-refractivity contribution is 0.587. The molecule has 0 bridgehead atoms. The molecule has 18 heavy (non-hydrogen) atoms. The zero-order valence-electron chi connectivity index (χ0n) is 13.9. The lowest BCUT2D eigenvalue weighted by atomic mass is 9.83. The van der Waals surface area contributed by atoms with Crippen molar-refractivity contribution < 1.29 is 4.11 Å². The molecule has 0 amide bonds. The third-order valence-corrected chi connectivity index (χ3v) is 4.46. The molecule has 0 aliphatic carbocycles. The van der Waals surface area contributed by atoms with Gasteiger partial charge in [-0.15, -0.1) is 11.3 Å². The van der Waals surface area contributed by atoms with E-state index >= 15 is 0 Å². The lowest BCUT2D eigenvalue weighted by Gasteiger charge is -2.21. The average molecular weight is 257 g/mol. The first-order valence-corrected chi connectivity index (χ1v) is 6.96. The summed E-state index contributed by atoms with van der Waals surface area (Å²) in [6, 6.07) is 12.2. The zero-order valence-corrected chi connectivity index (χ0v) is 11.7. The quantitative estimate of drug-likeness (QED) is 0.487. The van der Waals surface area contributed by atoms with Gasteiger partial charge in [0, 0.05) is 24.3 Å². The molecular formula is C17H18S. The molecule has 0 radical (unpaired) electrons. The van der Waals surface area contributed by atoms with Crippen molar-refractivity contribution in [1.29, 1.82) is 0 Å². The van der Waals surface area contributed by atoms with Crippen LogP contribution < -0.4 is 0 Å². The maximum absolute atomic E-state index is 7.84. The van der Waals surface area contributed by atoms with Gasteiger partial charge in [0.05, 0.1) is 0 Å². The van der Waals surface area contributed by atoms with Gasteiger partial charge < -0.3 is 0 Å². The van der Waals surface area contributed by atoms with Crippen LogP contribution in [0.5, 0.6) is 0 Å². The fourth-order valence-electron chi connectivity index (χ4n) is 2.39. The van der Waals surface area contributed by atoms with Crippen LogP contribution in [0, 0.1) is 6.85 Å². The van der Waals surface area contributed by atoms with Crippen molar-refractivity contribution in [3.63, 3.8) is 0 Å². The summed E-state index contributed by atoms with van der Waals surface area (Å²) in [5, 5.41) is 2.37. The number of aryl methyl sites for hydroxylation is 1. The second-order valence-corrected chi connectivity index (χ2v) is 6.83. The fourth-order valence-corrected chi connectivity index (χ4v) is 3.52. The van der Waals surface area contributed by atoms with Crippen molar-refractivity contribution in [1.82, 2.24) is 0 Å². The molecule has 0 nitrogen and oxygen atoms in total. The highest BCUT2D eigenvalue weighted by atomic mass is 32.1. The van der Waals surface area contributed by atoms with Gasteiger partial charge in [0.15, 0.2) is 0 Å². The minimum atomic E-state index is -2.08. The molecule has 0 unspecified atom stereocenters. The van der Waals surface area contributed by atoms with Crippen LogP contribution in [0.3, 0.4) is 0 Å². The molecule has 3 rings (SSSR count). The monoisotopic (exact) mass is 257 g/mol. The van der Waals surface area contributed by atoms with E-state index in [4.69, 9.17) is 4.11 Å². The SMILES string of the molecule is [2H]C([2H])([2H])c1cc2sc3ccccc3c2cc1C(C)(C)C. The van der Waals surface area contributed by atoms with Crippen molar-refractivity contribution in [2.45, 2.75) is 33.0 Å². The molecule has 3 aromatic rings. The van der Waals surface area contributed by atoms with E-state index in [9.17, 15) is 0 Å². The molecule has 2 aromatic carbocycles. The van der Waals surface area contributed by atoms with Crippen LogP contribution in [0.4, 0.5) is 0 Å². The normalized spacial score (nSPS) is 15.6. The summed E-state index contributed by atoms with van der Waals surface area (Å²) in [4.78, 5) is 0. The van der Waals surface area contributed by atoms with Crippen LogP contribution in [0.2, 0.25) is 0 Å². The highest BCUT2D eigenvalue weighted by Crippen LogP contribution is 2.38. The van der Waals surface area contributed by atoms with Crippen LogP contribution in [0.15, 0.2) is 36.4 Å². The molecular weight excluding hydrogens is 236 g/mol. The highest BCUT2D eigenvalue weighted by Gasteiger charge is 2.18. The van der Waals surface area contributed by atoms with E-state index < -0.39 is 6.85 Å². The molecule has 92 valence electrons. The Morgan fingerprint density at radius 3 is 2.50 bits per heavy atom. The van der Waals surface area contributed by atoms with Crippen LogP contribution in [0.25, 0.3) is 20.2 Å². The number of hydrogen-bond donors (Lipinski definition) is 0. The van der Waals surface area contributed by atoms with Crippen molar-refractivity contribution in [3.8, 4) is 0 Å². The van der Waals surface area contributed by atoms with Gasteiger partial charge >= 0.3 is 0 Å². The summed E-state index contributed by atoms with van der Waals surface area (Å²) < 4.78 is 25.8.